The molecular formula is C19H32FeO2Si2. The summed E-state index contributed by atoms with van der Waals surface area (Å²) in [5, 5.41) is 0. The van der Waals surface area contributed by atoms with Gasteiger partial charge in [-0.15, -0.1) is 0 Å². The Balaban J connectivity index is 1.25. The summed E-state index contributed by atoms with van der Waals surface area (Å²) in [6, 6.07) is 0. The van der Waals surface area contributed by atoms with E-state index < -0.39 is 23.1 Å². The third-order valence-electron chi connectivity index (χ3n) is 17.8. The fourth-order valence-corrected chi connectivity index (χ4v) is 102. The summed E-state index contributed by atoms with van der Waals surface area (Å²) < 4.78 is 16.0. The second kappa shape index (κ2) is 1.23. The third-order valence-corrected chi connectivity index (χ3v) is 65.5. The average Bonchev–Trinajstić information content (AvgIpc) is 3.37. The monoisotopic (exact) mass is 404 g/mol. The maximum absolute atomic E-state index is 6.75. The van der Waals surface area contributed by atoms with Gasteiger partial charge in [0, 0.05) is 0 Å². The van der Waals surface area contributed by atoms with Gasteiger partial charge < -0.3 is 0 Å². The maximum atomic E-state index is 6.75. The van der Waals surface area contributed by atoms with E-state index in [0.29, 0.717) is 0 Å². The van der Waals surface area contributed by atoms with Crippen LogP contribution >= 0.6 is 0 Å². The van der Waals surface area contributed by atoms with E-state index in [9.17, 15) is 0 Å². The van der Waals surface area contributed by atoms with Crippen LogP contribution in [0.2, 0.25) is 85.9 Å². The molecular weight excluding hydrogens is 372 g/mol. The molecule has 0 N–H and O–H groups in total. The van der Waals surface area contributed by atoms with E-state index in [1.54, 1.807) is 0 Å². The first-order valence-corrected chi connectivity index (χ1v) is 23.2. The molecule has 10 rings (SSSR count). The Morgan fingerprint density at radius 1 is 0.750 bits per heavy atom. The molecule has 136 valence electrons. The van der Waals surface area contributed by atoms with Gasteiger partial charge in [-0.1, -0.05) is 0 Å². The van der Waals surface area contributed by atoms with Crippen LogP contribution in [0.3, 0.4) is 0 Å². The van der Waals surface area contributed by atoms with E-state index in [1.807, 2.05) is 0 Å². The summed E-state index contributed by atoms with van der Waals surface area (Å²) in [7, 11) is -2.79. The first-order chi connectivity index (χ1) is 10.7. The molecule has 10 heterocycles. The fraction of sp³-hybridized carbons (Fsp3) is 1.00. The Hall–Kier alpha value is 0.873. The first-order valence-electron chi connectivity index (χ1n) is 10.2. The Bertz CT molecular complexity index is 1240. The molecule has 9 atom stereocenters. The van der Waals surface area contributed by atoms with Crippen LogP contribution in [0.4, 0.5) is 0 Å². The molecule has 0 radical (unpaired) electrons. The van der Waals surface area contributed by atoms with Gasteiger partial charge in [0.15, 0.2) is 0 Å². The topological polar surface area (TPSA) is 18.5 Å². The summed E-state index contributed by atoms with van der Waals surface area (Å²) in [4.78, 5) is 9.18. The summed E-state index contributed by atoms with van der Waals surface area (Å²) in [5.74, 6) is 0. The third kappa shape index (κ3) is 0.168. The fourth-order valence-electron chi connectivity index (χ4n) is 20.4. The Kier molecular flexibility index (Phi) is 0.632. The van der Waals surface area contributed by atoms with E-state index in [2.05, 4.69) is 46.2 Å². The van der Waals surface area contributed by atoms with Crippen LogP contribution in [0, 0.1) is 0 Å². The molecule has 0 aromatic rings. The molecule has 10 fully saturated rings. The van der Waals surface area contributed by atoms with Crippen LogP contribution in [0.15, 0.2) is 0 Å². The molecule has 24 heavy (non-hydrogen) atoms. The Labute approximate surface area is 138 Å². The zero-order valence-electron chi connectivity index (χ0n) is 16.1. The van der Waals surface area contributed by atoms with Crippen LogP contribution < -0.4 is 0 Å². The Morgan fingerprint density at radius 3 is 1.67 bits per heavy atom. The van der Waals surface area contributed by atoms with Gasteiger partial charge in [0.25, 0.3) is 0 Å². The molecule has 0 aromatic heterocycles. The molecule has 0 saturated carbocycles. The number of fused-ring (bicyclic) bond motifs is 10. The first kappa shape index (κ1) is 12.4. The normalized spacial score (nSPS) is 95.7. The molecule has 10 aliphatic rings. The van der Waals surface area contributed by atoms with E-state index in [1.165, 1.54) is 46.9 Å². The zero-order chi connectivity index (χ0) is 16.7. The minimum absolute atomic E-state index is 0.824. The molecule has 10 aliphatic heterocycles. The molecule has 10 saturated heterocycles. The predicted octanol–water partition coefficient (Wildman–Crippen LogP) is 6.21. The molecule has 5 heteroatoms. The number of hydrogen-bond acceptors (Lipinski definition) is 2. The van der Waals surface area contributed by atoms with Crippen LogP contribution in [-0.2, 0) is 15.4 Å². The van der Waals surface area contributed by atoms with E-state index in [4.69, 9.17) is 8.85 Å². The van der Waals surface area contributed by atoms with Crippen molar-refractivity contribution in [3.8, 4) is 0 Å². The van der Waals surface area contributed by atoms with Gasteiger partial charge in [-0.2, -0.15) is 0 Å². The molecule has 9 unspecified atom stereocenters. The van der Waals surface area contributed by atoms with E-state index >= 15 is 0 Å². The predicted molar refractivity (Wildman–Crippen MR) is 98.6 cm³/mol. The van der Waals surface area contributed by atoms with Crippen molar-refractivity contribution in [3.63, 3.8) is 0 Å². The van der Waals surface area contributed by atoms with Crippen LogP contribution in [-0.4, -0.2) is 29.8 Å². The average molecular weight is 404 g/mol. The van der Waals surface area contributed by atoms with E-state index in [0.717, 1.165) is 12.9 Å². The quantitative estimate of drug-likeness (QED) is 0.490. The van der Waals surface area contributed by atoms with Gasteiger partial charge in [-0.05, 0) is 0 Å². The van der Waals surface area contributed by atoms with E-state index in [-0.39, 0.29) is 0 Å². The van der Waals surface area contributed by atoms with Crippen molar-refractivity contribution < 1.29 is 15.4 Å². The number of hydrogen-bond donors (Lipinski definition) is 0. The summed E-state index contributed by atoms with van der Waals surface area (Å²) in [6.07, 6.45) is 0. The van der Waals surface area contributed by atoms with Crippen molar-refractivity contribution in [2.45, 2.75) is 92.9 Å². The van der Waals surface area contributed by atoms with Crippen molar-refractivity contribution in [3.05, 3.63) is 0 Å². The van der Waals surface area contributed by atoms with Gasteiger partial charge in [0.2, 0.25) is 0 Å². The van der Waals surface area contributed by atoms with Crippen LogP contribution in [0.25, 0.3) is 0 Å². The molecule has 0 aromatic carbocycles. The molecule has 0 amide bonds. The van der Waals surface area contributed by atoms with Crippen LogP contribution in [0.1, 0.15) is 6.92 Å². The molecule has 0 bridgehead atoms. The van der Waals surface area contributed by atoms with Gasteiger partial charge in [0.1, 0.15) is 0 Å². The molecule has 2 nitrogen and oxygen atoms in total. The van der Waals surface area contributed by atoms with Crippen molar-refractivity contribution in [2.75, 3.05) is 13.2 Å². The Morgan fingerprint density at radius 2 is 1.29 bits per heavy atom. The second-order valence-electron chi connectivity index (χ2n) is 15.3. The second-order valence-corrected chi connectivity index (χ2v) is 47.7. The molecule has 0 aliphatic carbocycles. The standard InChI is InChI=1S/C10H17OSi.C9H15OSi.Fe/c1-9-6-5-7-10(9)8-11-12(2,3)4;1-11(2,3)10-8-9-6-4-5-7-9;/h5-7H,8H2,1-4H3;4-7H,8H2,1-3H3;. The molecule has 1 spiro atoms. The summed E-state index contributed by atoms with van der Waals surface area (Å²) in [5.41, 5.74) is 0. The van der Waals surface area contributed by atoms with Gasteiger partial charge >= 0.3 is 138 Å². The van der Waals surface area contributed by atoms with Crippen LogP contribution in [0.5, 0.6) is 0 Å². The van der Waals surface area contributed by atoms with Gasteiger partial charge in [-0.3, -0.25) is 0 Å². The zero-order valence-corrected chi connectivity index (χ0v) is 19.2. The van der Waals surface area contributed by atoms with Gasteiger partial charge in [-0.25, -0.2) is 0 Å². The SMILES string of the molecule is C[C]12[CH]3[CH]4[CH]5[C]1(CO[Si](C)(C)C)[Fe]43521678[CH]2[CH]1[CH]6[C]7(CO[Si](C)(C)C)[CH]28. The van der Waals surface area contributed by atoms with Gasteiger partial charge in [0.05, 0.1) is 0 Å². The summed E-state index contributed by atoms with van der Waals surface area (Å²) in [6.45, 7) is 16.3. The minimum atomic E-state index is -3.39. The van der Waals surface area contributed by atoms with Crippen molar-refractivity contribution >= 4 is 16.6 Å². The number of rotatable bonds is 6. The summed E-state index contributed by atoms with van der Waals surface area (Å²) >= 11 is 0. The van der Waals surface area contributed by atoms with Crippen molar-refractivity contribution in [1.29, 1.82) is 0 Å². The van der Waals surface area contributed by atoms with Crippen molar-refractivity contribution in [2.24, 2.45) is 0 Å². The van der Waals surface area contributed by atoms with Crippen molar-refractivity contribution in [1.82, 2.24) is 0 Å².